The third-order valence-corrected chi connectivity index (χ3v) is 4.59. The Labute approximate surface area is 113 Å². The molecule has 1 rings (SSSR count). The number of hydrogen-bond donors (Lipinski definition) is 2. The number of hydrogen-bond acceptors (Lipinski definition) is 4. The van der Waals surface area contributed by atoms with Gasteiger partial charge in [-0.25, -0.2) is 9.59 Å². The largest absolute Gasteiger partial charge is 0.480 e. The van der Waals surface area contributed by atoms with Gasteiger partial charge >= 0.3 is 12.0 Å². The van der Waals surface area contributed by atoms with Crippen molar-refractivity contribution in [2.24, 2.45) is 0 Å². The molecule has 8 heteroatoms. The van der Waals surface area contributed by atoms with E-state index in [1.165, 1.54) is 4.90 Å². The number of amides is 2. The number of nitrogens with one attached hydrogen (secondary N) is 1. The van der Waals surface area contributed by atoms with E-state index >= 15 is 0 Å². The molecule has 1 fully saturated rings. The van der Waals surface area contributed by atoms with E-state index in [4.69, 9.17) is 5.11 Å². The quantitative estimate of drug-likeness (QED) is 0.743. The maximum Gasteiger partial charge on any atom is 0.326 e. The van der Waals surface area contributed by atoms with Crippen molar-refractivity contribution in [3.05, 3.63) is 0 Å². The van der Waals surface area contributed by atoms with Gasteiger partial charge in [-0.05, 0) is 18.4 Å². The minimum Gasteiger partial charge on any atom is -0.480 e. The summed E-state index contributed by atoms with van der Waals surface area (Å²) in [5, 5.41) is 11.5. The zero-order chi connectivity index (χ0) is 13.5. The predicted octanol–water partition coefficient (Wildman–Crippen LogP) is -0.0334. The van der Waals surface area contributed by atoms with Gasteiger partial charge in [0.2, 0.25) is 0 Å². The minimum atomic E-state index is -1.02. The number of thioether (sulfide) groups is 1. The second-order valence-corrected chi connectivity index (χ2v) is 6.64. The van der Waals surface area contributed by atoms with E-state index in [1.807, 2.05) is 6.26 Å². The van der Waals surface area contributed by atoms with Crippen LogP contribution in [0.3, 0.4) is 0 Å². The van der Waals surface area contributed by atoms with Gasteiger partial charge in [0.1, 0.15) is 6.04 Å². The molecule has 0 aromatic rings. The summed E-state index contributed by atoms with van der Waals surface area (Å²) in [4.78, 5) is 24.3. The highest BCUT2D eigenvalue weighted by atomic mass is 32.2. The number of nitrogens with zero attached hydrogens (tertiary/aromatic N) is 1. The van der Waals surface area contributed by atoms with Crippen molar-refractivity contribution >= 4 is 34.6 Å². The molecule has 0 saturated carbocycles. The lowest BCUT2D eigenvalue weighted by molar-refractivity contribution is -0.139. The highest BCUT2D eigenvalue weighted by molar-refractivity contribution is 7.98. The molecular weight excluding hydrogens is 276 g/mol. The molecule has 1 heterocycles. The second-order valence-electron chi connectivity index (χ2n) is 3.96. The summed E-state index contributed by atoms with van der Waals surface area (Å²) < 4.78 is 11.2. The Morgan fingerprint density at radius 1 is 1.44 bits per heavy atom. The van der Waals surface area contributed by atoms with Crippen molar-refractivity contribution in [3.63, 3.8) is 0 Å². The highest BCUT2D eigenvalue weighted by Crippen LogP contribution is 2.04. The molecule has 0 radical (unpaired) electrons. The lowest BCUT2D eigenvalue weighted by Gasteiger charge is -2.28. The number of carboxylic acid groups (broad SMARTS) is 1. The first-order valence-electron chi connectivity index (χ1n) is 5.66. The average Bonchev–Trinajstić information content (AvgIpc) is 2.34. The molecule has 2 amide bonds. The lowest BCUT2D eigenvalue weighted by Crippen LogP contribution is -2.51. The molecule has 104 valence electrons. The Morgan fingerprint density at radius 3 is 2.56 bits per heavy atom. The summed E-state index contributed by atoms with van der Waals surface area (Å²) in [5.41, 5.74) is 0. The molecule has 1 saturated heterocycles. The monoisotopic (exact) mass is 294 g/mol. The van der Waals surface area contributed by atoms with Crippen LogP contribution in [0, 0.1) is 0 Å². The Bertz CT molecular complexity index is 328. The topological polar surface area (TPSA) is 86.7 Å². The van der Waals surface area contributed by atoms with Gasteiger partial charge in [0.25, 0.3) is 0 Å². The van der Waals surface area contributed by atoms with Gasteiger partial charge in [0.05, 0.1) is 0 Å². The Balaban J connectivity index is 2.45. The van der Waals surface area contributed by atoms with Gasteiger partial charge in [0, 0.05) is 35.4 Å². The summed E-state index contributed by atoms with van der Waals surface area (Å²) in [6.07, 6.45) is 2.29. The molecule has 6 nitrogen and oxygen atoms in total. The summed E-state index contributed by atoms with van der Waals surface area (Å²) in [6.45, 7) is 0.848. The molecule has 1 unspecified atom stereocenters. The van der Waals surface area contributed by atoms with Crippen molar-refractivity contribution in [3.8, 4) is 0 Å². The number of urea groups is 1. The predicted molar refractivity (Wildman–Crippen MR) is 72.4 cm³/mol. The van der Waals surface area contributed by atoms with Crippen LogP contribution in [0.4, 0.5) is 4.79 Å². The van der Waals surface area contributed by atoms with Crippen molar-refractivity contribution in [2.75, 3.05) is 36.6 Å². The van der Waals surface area contributed by atoms with Crippen LogP contribution in [0.15, 0.2) is 0 Å². The normalized spacial score (nSPS) is 18.4. The number of carboxylic acids is 1. The minimum absolute atomic E-state index is 0.375. The molecule has 18 heavy (non-hydrogen) atoms. The van der Waals surface area contributed by atoms with Crippen LogP contribution >= 0.6 is 11.8 Å². The fraction of sp³-hybridized carbons (Fsp3) is 0.800. The zero-order valence-corrected chi connectivity index (χ0v) is 11.9. The number of rotatable bonds is 5. The highest BCUT2D eigenvalue weighted by Gasteiger charge is 2.25. The Kier molecular flexibility index (Phi) is 6.48. The smallest absolute Gasteiger partial charge is 0.326 e. The van der Waals surface area contributed by atoms with Gasteiger partial charge in [0.15, 0.2) is 0 Å². The molecule has 2 N–H and O–H groups in total. The first-order valence-corrected chi connectivity index (χ1v) is 8.55. The molecule has 1 aliphatic heterocycles. The summed E-state index contributed by atoms with van der Waals surface area (Å²) in [7, 11) is -0.845. The molecule has 0 aromatic heterocycles. The van der Waals surface area contributed by atoms with E-state index in [0.29, 0.717) is 36.8 Å². The van der Waals surface area contributed by atoms with Crippen LogP contribution in [-0.4, -0.2) is 68.9 Å². The lowest BCUT2D eigenvalue weighted by atomic mass is 10.2. The van der Waals surface area contributed by atoms with Crippen molar-refractivity contribution in [1.29, 1.82) is 0 Å². The molecule has 0 bridgehead atoms. The maximum atomic E-state index is 11.8. The van der Waals surface area contributed by atoms with Gasteiger partial charge < -0.3 is 15.3 Å². The van der Waals surface area contributed by atoms with Crippen molar-refractivity contribution < 1.29 is 18.9 Å². The molecule has 0 aliphatic carbocycles. The third kappa shape index (κ3) is 4.85. The number of carbonyl (C=O) groups excluding carboxylic acids is 1. The Hall–Kier alpha value is -0.760. The van der Waals surface area contributed by atoms with E-state index in [1.54, 1.807) is 11.8 Å². The van der Waals surface area contributed by atoms with Crippen LogP contribution in [0.5, 0.6) is 0 Å². The second kappa shape index (κ2) is 7.63. The molecule has 1 aliphatic rings. The van der Waals surface area contributed by atoms with E-state index in [-0.39, 0.29) is 6.03 Å². The van der Waals surface area contributed by atoms with Crippen LogP contribution in [0.2, 0.25) is 0 Å². The van der Waals surface area contributed by atoms with Crippen molar-refractivity contribution in [1.82, 2.24) is 10.2 Å². The van der Waals surface area contributed by atoms with Crippen LogP contribution in [0.1, 0.15) is 6.42 Å². The Morgan fingerprint density at radius 2 is 2.06 bits per heavy atom. The summed E-state index contributed by atoms with van der Waals surface area (Å²) in [5.74, 6) is 0.603. The van der Waals surface area contributed by atoms with Gasteiger partial charge in [-0.2, -0.15) is 11.8 Å². The third-order valence-electron chi connectivity index (χ3n) is 2.67. The molecule has 1 atom stereocenters. The van der Waals surface area contributed by atoms with Crippen LogP contribution < -0.4 is 5.32 Å². The zero-order valence-electron chi connectivity index (χ0n) is 10.3. The first kappa shape index (κ1) is 15.3. The van der Waals surface area contributed by atoms with Crippen molar-refractivity contribution in [2.45, 2.75) is 12.5 Å². The number of aliphatic carboxylic acids is 1. The molecule has 0 aromatic carbocycles. The van der Waals surface area contributed by atoms with Gasteiger partial charge in [-0.3, -0.25) is 4.21 Å². The van der Waals surface area contributed by atoms with E-state index in [2.05, 4.69) is 5.32 Å². The van der Waals surface area contributed by atoms with Crippen LogP contribution in [-0.2, 0) is 15.6 Å². The van der Waals surface area contributed by atoms with Gasteiger partial charge in [-0.15, -0.1) is 0 Å². The van der Waals surface area contributed by atoms with E-state index in [0.717, 1.165) is 0 Å². The maximum absolute atomic E-state index is 11.8. The first-order chi connectivity index (χ1) is 8.54. The summed E-state index contributed by atoms with van der Waals surface area (Å²) >= 11 is 1.54. The average molecular weight is 294 g/mol. The standard InChI is InChI=1S/C10H18N2O4S2/c1-17-5-2-8(9(13)14)11-10(15)12-3-6-18(16)7-4-12/h8H,2-7H2,1H3,(H,11,15)(H,13,14). The fourth-order valence-corrected chi connectivity index (χ4v) is 3.10. The fourth-order valence-electron chi connectivity index (χ4n) is 1.57. The van der Waals surface area contributed by atoms with E-state index < -0.39 is 22.8 Å². The van der Waals surface area contributed by atoms with Gasteiger partial charge in [-0.1, -0.05) is 0 Å². The molecule has 0 spiro atoms. The summed E-state index contributed by atoms with van der Waals surface area (Å²) in [6, 6.07) is -1.22. The SMILES string of the molecule is CSCCC(NC(=O)N1CCS(=O)CC1)C(=O)O. The van der Waals surface area contributed by atoms with E-state index in [9.17, 15) is 13.8 Å². The number of carbonyl (C=O) groups is 2. The molecular formula is C10H18N2O4S2. The van der Waals surface area contributed by atoms with Crippen LogP contribution in [0.25, 0.3) is 0 Å².